The van der Waals surface area contributed by atoms with Gasteiger partial charge in [-0.2, -0.15) is 11.8 Å². The summed E-state index contributed by atoms with van der Waals surface area (Å²) < 4.78 is 0. The van der Waals surface area contributed by atoms with Crippen molar-refractivity contribution in [2.24, 2.45) is 17.6 Å². The summed E-state index contributed by atoms with van der Waals surface area (Å²) >= 11 is 1.76. The molecule has 0 aliphatic heterocycles. The van der Waals surface area contributed by atoms with Gasteiger partial charge in [0.15, 0.2) is 0 Å². The number of carbonyl (C=O) groups is 1. The average molecular weight is 230 g/mol. The molecule has 1 fully saturated rings. The SMILES string of the molecule is CSCC(C)NC(=O)C1CCCC1CN. The number of hydrogen-bond donors (Lipinski definition) is 2. The molecule has 1 rings (SSSR count). The monoisotopic (exact) mass is 230 g/mol. The molecule has 0 bridgehead atoms. The summed E-state index contributed by atoms with van der Waals surface area (Å²) in [5.74, 6) is 1.77. The van der Waals surface area contributed by atoms with E-state index in [0.717, 1.165) is 25.0 Å². The Balaban J connectivity index is 2.38. The Bertz CT molecular complexity index is 211. The molecule has 1 aliphatic rings. The van der Waals surface area contributed by atoms with Gasteiger partial charge in [-0.25, -0.2) is 0 Å². The molecule has 0 aromatic heterocycles. The molecule has 3 nitrogen and oxygen atoms in total. The van der Waals surface area contributed by atoms with Crippen LogP contribution in [-0.2, 0) is 4.79 Å². The van der Waals surface area contributed by atoms with Crippen molar-refractivity contribution in [3.05, 3.63) is 0 Å². The summed E-state index contributed by atoms with van der Waals surface area (Å²) in [7, 11) is 0. The fourth-order valence-corrected chi connectivity index (χ4v) is 2.89. The number of rotatable bonds is 5. The van der Waals surface area contributed by atoms with Gasteiger partial charge in [0.1, 0.15) is 0 Å². The molecule has 88 valence electrons. The van der Waals surface area contributed by atoms with Crippen molar-refractivity contribution in [1.82, 2.24) is 5.32 Å². The van der Waals surface area contributed by atoms with Crippen molar-refractivity contribution in [2.45, 2.75) is 32.2 Å². The van der Waals surface area contributed by atoms with Gasteiger partial charge in [0.05, 0.1) is 0 Å². The molecule has 3 N–H and O–H groups in total. The Morgan fingerprint density at radius 1 is 1.60 bits per heavy atom. The Labute approximate surface area is 96.6 Å². The van der Waals surface area contributed by atoms with Crippen molar-refractivity contribution in [3.63, 3.8) is 0 Å². The van der Waals surface area contributed by atoms with Gasteiger partial charge in [-0.3, -0.25) is 4.79 Å². The van der Waals surface area contributed by atoms with Crippen LogP contribution in [0.5, 0.6) is 0 Å². The van der Waals surface area contributed by atoms with Crippen LogP contribution >= 0.6 is 11.8 Å². The Kier molecular flexibility index (Phi) is 5.47. The van der Waals surface area contributed by atoms with Gasteiger partial charge in [0, 0.05) is 17.7 Å². The van der Waals surface area contributed by atoms with E-state index in [-0.39, 0.29) is 17.9 Å². The topological polar surface area (TPSA) is 55.1 Å². The van der Waals surface area contributed by atoms with Crippen LogP contribution < -0.4 is 11.1 Å². The second-order valence-electron chi connectivity index (χ2n) is 4.40. The highest BCUT2D eigenvalue weighted by molar-refractivity contribution is 7.98. The summed E-state index contributed by atoms with van der Waals surface area (Å²) in [6.07, 6.45) is 5.34. The molecule has 1 aliphatic carbocycles. The number of hydrogen-bond acceptors (Lipinski definition) is 3. The normalized spacial score (nSPS) is 27.7. The average Bonchev–Trinajstić information content (AvgIpc) is 2.65. The van der Waals surface area contributed by atoms with Gasteiger partial charge in [-0.05, 0) is 38.5 Å². The molecule has 1 saturated carbocycles. The summed E-state index contributed by atoms with van der Waals surface area (Å²) in [4.78, 5) is 11.9. The van der Waals surface area contributed by atoms with Crippen molar-refractivity contribution >= 4 is 17.7 Å². The predicted molar refractivity (Wildman–Crippen MR) is 65.9 cm³/mol. The minimum atomic E-state index is 0.166. The fraction of sp³-hybridized carbons (Fsp3) is 0.909. The first-order valence-electron chi connectivity index (χ1n) is 5.68. The number of amides is 1. The fourth-order valence-electron chi connectivity index (χ4n) is 2.31. The second-order valence-corrected chi connectivity index (χ2v) is 5.31. The van der Waals surface area contributed by atoms with Crippen LogP contribution in [0.3, 0.4) is 0 Å². The van der Waals surface area contributed by atoms with Crippen LogP contribution in [0.1, 0.15) is 26.2 Å². The lowest BCUT2D eigenvalue weighted by Crippen LogP contribution is -2.40. The van der Waals surface area contributed by atoms with E-state index in [1.807, 2.05) is 0 Å². The Hall–Kier alpha value is -0.220. The highest BCUT2D eigenvalue weighted by atomic mass is 32.2. The molecular formula is C11H22N2OS. The zero-order valence-electron chi connectivity index (χ0n) is 9.66. The summed E-state index contributed by atoms with van der Waals surface area (Å²) in [5, 5.41) is 3.07. The lowest BCUT2D eigenvalue weighted by Gasteiger charge is -2.20. The third-order valence-electron chi connectivity index (χ3n) is 3.10. The first kappa shape index (κ1) is 12.8. The van der Waals surface area contributed by atoms with Gasteiger partial charge in [-0.1, -0.05) is 6.42 Å². The zero-order valence-corrected chi connectivity index (χ0v) is 10.5. The molecule has 0 spiro atoms. The molecule has 0 radical (unpaired) electrons. The van der Waals surface area contributed by atoms with Crippen molar-refractivity contribution in [3.8, 4) is 0 Å². The molecule has 3 atom stereocenters. The van der Waals surface area contributed by atoms with E-state index in [1.54, 1.807) is 11.8 Å². The molecule has 15 heavy (non-hydrogen) atoms. The van der Waals surface area contributed by atoms with E-state index in [2.05, 4.69) is 18.5 Å². The minimum Gasteiger partial charge on any atom is -0.353 e. The summed E-state index contributed by atoms with van der Waals surface area (Å²) in [6, 6.07) is 0.270. The molecular weight excluding hydrogens is 208 g/mol. The molecule has 0 saturated heterocycles. The molecule has 0 aromatic carbocycles. The first-order chi connectivity index (χ1) is 7.19. The number of nitrogens with two attached hydrogens (primary N) is 1. The maximum Gasteiger partial charge on any atom is 0.223 e. The molecule has 3 unspecified atom stereocenters. The number of thioether (sulfide) groups is 1. The maximum atomic E-state index is 11.9. The highest BCUT2D eigenvalue weighted by Crippen LogP contribution is 2.31. The Morgan fingerprint density at radius 2 is 2.33 bits per heavy atom. The standard InChI is InChI=1S/C11H22N2OS/c1-8(7-15-2)13-11(14)10-5-3-4-9(10)6-12/h8-10H,3-7,12H2,1-2H3,(H,13,14). The smallest absolute Gasteiger partial charge is 0.223 e. The van der Waals surface area contributed by atoms with E-state index in [9.17, 15) is 4.79 Å². The van der Waals surface area contributed by atoms with Crippen LogP contribution in [0, 0.1) is 11.8 Å². The van der Waals surface area contributed by atoms with Gasteiger partial charge < -0.3 is 11.1 Å². The van der Waals surface area contributed by atoms with Gasteiger partial charge in [0.25, 0.3) is 0 Å². The van der Waals surface area contributed by atoms with Crippen LogP contribution in [-0.4, -0.2) is 30.5 Å². The van der Waals surface area contributed by atoms with E-state index >= 15 is 0 Å². The third-order valence-corrected chi connectivity index (χ3v) is 3.94. The predicted octanol–water partition coefficient (Wildman–Crippen LogP) is 1.23. The van der Waals surface area contributed by atoms with E-state index in [0.29, 0.717) is 12.5 Å². The van der Waals surface area contributed by atoms with E-state index in [4.69, 9.17) is 5.73 Å². The van der Waals surface area contributed by atoms with Crippen LogP contribution in [0.25, 0.3) is 0 Å². The number of nitrogens with one attached hydrogen (secondary N) is 1. The summed E-state index contributed by atoms with van der Waals surface area (Å²) in [5.41, 5.74) is 5.67. The third kappa shape index (κ3) is 3.68. The largest absolute Gasteiger partial charge is 0.353 e. The quantitative estimate of drug-likeness (QED) is 0.747. The lowest BCUT2D eigenvalue weighted by molar-refractivity contribution is -0.126. The zero-order chi connectivity index (χ0) is 11.3. The van der Waals surface area contributed by atoms with Crippen LogP contribution in [0.15, 0.2) is 0 Å². The van der Waals surface area contributed by atoms with Gasteiger partial charge in [-0.15, -0.1) is 0 Å². The molecule has 1 amide bonds. The van der Waals surface area contributed by atoms with E-state index in [1.165, 1.54) is 0 Å². The van der Waals surface area contributed by atoms with Crippen LogP contribution in [0.4, 0.5) is 0 Å². The van der Waals surface area contributed by atoms with Gasteiger partial charge in [0.2, 0.25) is 5.91 Å². The molecule has 0 aromatic rings. The lowest BCUT2D eigenvalue weighted by atomic mass is 9.95. The van der Waals surface area contributed by atoms with E-state index < -0.39 is 0 Å². The highest BCUT2D eigenvalue weighted by Gasteiger charge is 2.32. The van der Waals surface area contributed by atoms with Crippen molar-refractivity contribution in [2.75, 3.05) is 18.6 Å². The Morgan fingerprint density at radius 3 is 2.93 bits per heavy atom. The van der Waals surface area contributed by atoms with Gasteiger partial charge >= 0.3 is 0 Å². The van der Waals surface area contributed by atoms with Crippen LogP contribution in [0.2, 0.25) is 0 Å². The molecule has 0 heterocycles. The second kappa shape index (κ2) is 6.38. The minimum absolute atomic E-state index is 0.166. The first-order valence-corrected chi connectivity index (χ1v) is 7.07. The maximum absolute atomic E-state index is 11.9. The number of carbonyl (C=O) groups excluding carboxylic acids is 1. The summed E-state index contributed by atoms with van der Waals surface area (Å²) in [6.45, 7) is 2.70. The van der Waals surface area contributed by atoms with Crippen molar-refractivity contribution < 1.29 is 4.79 Å². The van der Waals surface area contributed by atoms with Crippen molar-refractivity contribution in [1.29, 1.82) is 0 Å². The molecule has 4 heteroatoms.